The zero-order chi connectivity index (χ0) is 12.1. The number of benzene rings is 2. The van der Waals surface area contributed by atoms with E-state index >= 15 is 0 Å². The van der Waals surface area contributed by atoms with Crippen molar-refractivity contribution in [1.29, 1.82) is 0 Å². The van der Waals surface area contributed by atoms with Gasteiger partial charge < -0.3 is 5.32 Å². The Morgan fingerprint density at radius 1 is 0.941 bits per heavy atom. The fourth-order valence-electron chi connectivity index (χ4n) is 2.20. The number of hydrogen-bond acceptors (Lipinski definition) is 1. The minimum atomic E-state index is 1.07. The molecule has 0 aliphatic carbocycles. The van der Waals surface area contributed by atoms with Crippen molar-refractivity contribution in [2.75, 3.05) is 11.9 Å². The number of hydrogen-bond donors (Lipinski definition) is 1. The van der Waals surface area contributed by atoms with Crippen LogP contribution in [0.5, 0.6) is 0 Å². The Labute approximate surface area is 104 Å². The van der Waals surface area contributed by atoms with Crippen LogP contribution in [0.25, 0.3) is 10.8 Å². The largest absolute Gasteiger partial charge is 0.385 e. The summed E-state index contributed by atoms with van der Waals surface area (Å²) in [7, 11) is 0. The summed E-state index contributed by atoms with van der Waals surface area (Å²) in [5, 5.41) is 6.24. The molecule has 0 unspecified atom stereocenters. The van der Waals surface area contributed by atoms with Crippen molar-refractivity contribution in [2.45, 2.75) is 33.1 Å². The van der Waals surface area contributed by atoms with Gasteiger partial charge in [0.25, 0.3) is 0 Å². The summed E-state index contributed by atoms with van der Waals surface area (Å²) in [6.07, 6.45) is 3.83. The third-order valence-corrected chi connectivity index (χ3v) is 3.24. The smallest absolute Gasteiger partial charge is 0.0420 e. The van der Waals surface area contributed by atoms with Crippen LogP contribution in [0.15, 0.2) is 36.4 Å². The van der Waals surface area contributed by atoms with Gasteiger partial charge in [0.15, 0.2) is 0 Å². The van der Waals surface area contributed by atoms with Crippen LogP contribution in [0.2, 0.25) is 0 Å². The molecule has 0 amide bonds. The lowest BCUT2D eigenvalue weighted by atomic mass is 10.0. The van der Waals surface area contributed by atoms with E-state index in [1.807, 2.05) is 0 Å². The molecule has 0 atom stereocenters. The second kappa shape index (κ2) is 5.72. The molecule has 90 valence electrons. The Morgan fingerprint density at radius 3 is 2.47 bits per heavy atom. The highest BCUT2D eigenvalue weighted by molar-refractivity contribution is 5.95. The predicted octanol–water partition coefficient (Wildman–Crippen LogP) is 4.75. The average molecular weight is 227 g/mol. The molecule has 0 saturated heterocycles. The quantitative estimate of drug-likeness (QED) is 0.727. The summed E-state index contributed by atoms with van der Waals surface area (Å²) in [5.41, 5.74) is 2.61. The lowest BCUT2D eigenvalue weighted by Crippen LogP contribution is -2.01. The van der Waals surface area contributed by atoms with Crippen molar-refractivity contribution < 1.29 is 0 Å². The molecule has 2 aromatic rings. The average Bonchev–Trinajstić information content (AvgIpc) is 2.37. The van der Waals surface area contributed by atoms with Crippen LogP contribution in [0.1, 0.15) is 31.7 Å². The fourth-order valence-corrected chi connectivity index (χ4v) is 2.20. The number of aryl methyl sites for hydroxylation is 1. The molecule has 0 radical (unpaired) electrons. The van der Waals surface area contributed by atoms with E-state index in [4.69, 9.17) is 0 Å². The highest BCUT2D eigenvalue weighted by atomic mass is 14.9. The van der Waals surface area contributed by atoms with Crippen LogP contribution in [0.3, 0.4) is 0 Å². The van der Waals surface area contributed by atoms with Gasteiger partial charge in [-0.05, 0) is 30.4 Å². The Balaban J connectivity index is 2.20. The van der Waals surface area contributed by atoms with Gasteiger partial charge in [0.05, 0.1) is 0 Å². The van der Waals surface area contributed by atoms with Crippen LogP contribution in [0, 0.1) is 6.92 Å². The predicted molar refractivity (Wildman–Crippen MR) is 76.7 cm³/mol. The number of anilines is 1. The summed E-state index contributed by atoms with van der Waals surface area (Å²) < 4.78 is 0. The maximum absolute atomic E-state index is 3.55. The Morgan fingerprint density at radius 2 is 1.71 bits per heavy atom. The molecule has 0 heterocycles. The van der Waals surface area contributed by atoms with Crippen LogP contribution < -0.4 is 5.32 Å². The maximum atomic E-state index is 3.55. The van der Waals surface area contributed by atoms with Gasteiger partial charge in [0, 0.05) is 17.6 Å². The summed E-state index contributed by atoms with van der Waals surface area (Å²) in [6.45, 7) is 5.48. The van der Waals surface area contributed by atoms with Gasteiger partial charge in [0.1, 0.15) is 0 Å². The maximum Gasteiger partial charge on any atom is 0.0420 e. The first-order valence-corrected chi connectivity index (χ1v) is 6.55. The van der Waals surface area contributed by atoms with E-state index < -0.39 is 0 Å². The topological polar surface area (TPSA) is 12.0 Å². The summed E-state index contributed by atoms with van der Waals surface area (Å²) in [6, 6.07) is 13.0. The van der Waals surface area contributed by atoms with Crippen molar-refractivity contribution in [3.05, 3.63) is 42.0 Å². The monoisotopic (exact) mass is 227 g/mol. The molecule has 1 N–H and O–H groups in total. The first kappa shape index (κ1) is 12.0. The van der Waals surface area contributed by atoms with E-state index in [2.05, 4.69) is 55.6 Å². The van der Waals surface area contributed by atoms with Crippen molar-refractivity contribution in [3.8, 4) is 0 Å². The van der Waals surface area contributed by atoms with Gasteiger partial charge in [-0.2, -0.15) is 0 Å². The highest BCUT2D eigenvalue weighted by Gasteiger charge is 2.01. The summed E-state index contributed by atoms with van der Waals surface area (Å²) in [5.74, 6) is 0. The molecule has 0 aliphatic heterocycles. The number of unbranched alkanes of at least 4 members (excludes halogenated alkanes) is 2. The van der Waals surface area contributed by atoms with Gasteiger partial charge in [-0.15, -0.1) is 0 Å². The molecular formula is C16H21N. The van der Waals surface area contributed by atoms with Crippen molar-refractivity contribution in [2.24, 2.45) is 0 Å². The van der Waals surface area contributed by atoms with E-state index in [1.165, 1.54) is 41.3 Å². The number of fused-ring (bicyclic) bond motifs is 1. The zero-order valence-electron chi connectivity index (χ0n) is 10.8. The molecule has 0 aliphatic rings. The molecule has 1 heteroatoms. The first-order chi connectivity index (χ1) is 8.33. The highest BCUT2D eigenvalue weighted by Crippen LogP contribution is 2.26. The summed E-state index contributed by atoms with van der Waals surface area (Å²) in [4.78, 5) is 0. The van der Waals surface area contributed by atoms with E-state index in [-0.39, 0.29) is 0 Å². The van der Waals surface area contributed by atoms with Crippen LogP contribution in [0.4, 0.5) is 5.69 Å². The van der Waals surface area contributed by atoms with Crippen molar-refractivity contribution in [3.63, 3.8) is 0 Å². The molecule has 0 spiro atoms. The van der Waals surface area contributed by atoms with Gasteiger partial charge in [-0.25, -0.2) is 0 Å². The molecule has 0 bridgehead atoms. The Bertz CT molecular complexity index is 488. The molecular weight excluding hydrogens is 206 g/mol. The molecule has 2 rings (SSSR count). The standard InChI is InChI=1S/C16H21N/c1-3-4-7-12-17-16-11-10-13(2)14-8-5-6-9-15(14)16/h5-6,8-11,17H,3-4,7,12H2,1-2H3. The lowest BCUT2D eigenvalue weighted by Gasteiger charge is -2.11. The normalized spacial score (nSPS) is 10.7. The van der Waals surface area contributed by atoms with Gasteiger partial charge >= 0.3 is 0 Å². The Hall–Kier alpha value is -1.50. The van der Waals surface area contributed by atoms with E-state index in [0.717, 1.165) is 6.54 Å². The second-order valence-electron chi connectivity index (χ2n) is 4.61. The van der Waals surface area contributed by atoms with Crippen molar-refractivity contribution >= 4 is 16.5 Å². The van der Waals surface area contributed by atoms with Gasteiger partial charge in [-0.3, -0.25) is 0 Å². The van der Waals surface area contributed by atoms with Crippen molar-refractivity contribution in [1.82, 2.24) is 0 Å². The summed E-state index contributed by atoms with van der Waals surface area (Å²) >= 11 is 0. The third kappa shape index (κ3) is 2.79. The molecule has 17 heavy (non-hydrogen) atoms. The molecule has 2 aromatic carbocycles. The molecule has 1 nitrogen and oxygen atoms in total. The zero-order valence-corrected chi connectivity index (χ0v) is 10.8. The van der Waals surface area contributed by atoms with E-state index in [1.54, 1.807) is 0 Å². The minimum absolute atomic E-state index is 1.07. The van der Waals surface area contributed by atoms with E-state index in [9.17, 15) is 0 Å². The molecule has 0 fully saturated rings. The fraction of sp³-hybridized carbons (Fsp3) is 0.375. The number of nitrogens with one attached hydrogen (secondary N) is 1. The number of rotatable bonds is 5. The minimum Gasteiger partial charge on any atom is -0.385 e. The first-order valence-electron chi connectivity index (χ1n) is 6.55. The van der Waals surface area contributed by atoms with Crippen LogP contribution in [-0.4, -0.2) is 6.54 Å². The SMILES string of the molecule is CCCCCNc1ccc(C)c2ccccc12. The van der Waals surface area contributed by atoms with Gasteiger partial charge in [-0.1, -0.05) is 50.1 Å². The third-order valence-electron chi connectivity index (χ3n) is 3.24. The van der Waals surface area contributed by atoms with Crippen LogP contribution in [-0.2, 0) is 0 Å². The molecule has 0 saturated carbocycles. The lowest BCUT2D eigenvalue weighted by molar-refractivity contribution is 0.744. The van der Waals surface area contributed by atoms with E-state index in [0.29, 0.717) is 0 Å². The van der Waals surface area contributed by atoms with Gasteiger partial charge in [0.2, 0.25) is 0 Å². The Kier molecular flexibility index (Phi) is 4.03. The second-order valence-corrected chi connectivity index (χ2v) is 4.61. The molecule has 0 aromatic heterocycles. The van der Waals surface area contributed by atoms with Crippen LogP contribution >= 0.6 is 0 Å².